The maximum Gasteiger partial charge on any atom is 0.264 e. The van der Waals surface area contributed by atoms with Gasteiger partial charge in [0.15, 0.2) is 0 Å². The van der Waals surface area contributed by atoms with Crippen molar-refractivity contribution in [3.63, 3.8) is 0 Å². The summed E-state index contributed by atoms with van der Waals surface area (Å²) in [6, 6.07) is 25.5. The molecule has 1 amide bonds. The summed E-state index contributed by atoms with van der Waals surface area (Å²) in [4.78, 5) is 13.2. The van der Waals surface area contributed by atoms with Gasteiger partial charge >= 0.3 is 0 Å². The lowest BCUT2D eigenvalue weighted by atomic mass is 10.1. The second-order valence-electron chi connectivity index (χ2n) is 9.22. The zero-order chi connectivity index (χ0) is 29.6. The minimum Gasteiger partial charge on any atom is -0.492 e. The largest absolute Gasteiger partial charge is 0.492 e. The molecule has 0 aliphatic carbocycles. The zero-order valence-corrected chi connectivity index (χ0v) is 24.5. The Morgan fingerprint density at radius 2 is 1.46 bits per heavy atom. The molecule has 0 aliphatic heterocycles. The highest BCUT2D eigenvalue weighted by Gasteiger charge is 2.29. The summed E-state index contributed by atoms with van der Waals surface area (Å²) in [5.41, 5.74) is 2.69. The maximum atomic E-state index is 13.6. The third-order valence-corrected chi connectivity index (χ3v) is 9.29. The van der Waals surface area contributed by atoms with Gasteiger partial charge in [0.2, 0.25) is 5.91 Å². The van der Waals surface area contributed by atoms with Crippen LogP contribution in [0.3, 0.4) is 0 Å². The minimum absolute atomic E-state index is 0.00956. The van der Waals surface area contributed by atoms with Crippen LogP contribution in [0.2, 0.25) is 0 Å². The monoisotopic (exact) mass is 593 g/mol. The van der Waals surface area contributed by atoms with Crippen molar-refractivity contribution in [2.45, 2.75) is 30.6 Å². The van der Waals surface area contributed by atoms with Crippen molar-refractivity contribution >= 4 is 43.0 Å². The average molecular weight is 594 g/mol. The van der Waals surface area contributed by atoms with E-state index in [-0.39, 0.29) is 15.5 Å². The van der Waals surface area contributed by atoms with Gasteiger partial charge in [-0.25, -0.2) is 16.8 Å². The van der Waals surface area contributed by atoms with Gasteiger partial charge in [-0.05, 0) is 86.5 Å². The fraction of sp³-hybridized carbons (Fsp3) is 0.167. The van der Waals surface area contributed by atoms with E-state index in [1.807, 2.05) is 26.0 Å². The number of benzene rings is 4. The van der Waals surface area contributed by atoms with Crippen LogP contribution >= 0.6 is 0 Å². The van der Waals surface area contributed by atoms with Crippen molar-refractivity contribution < 1.29 is 26.4 Å². The molecule has 2 N–H and O–H groups in total. The lowest BCUT2D eigenvalue weighted by Gasteiger charge is -2.26. The zero-order valence-electron chi connectivity index (χ0n) is 22.9. The van der Waals surface area contributed by atoms with Gasteiger partial charge in [-0.1, -0.05) is 42.5 Å². The lowest BCUT2D eigenvalue weighted by Crippen LogP contribution is -2.38. The third kappa shape index (κ3) is 7.05. The van der Waals surface area contributed by atoms with Crippen LogP contribution in [-0.2, 0) is 24.8 Å². The molecule has 0 aromatic heterocycles. The minimum atomic E-state index is -4.14. The number of hydrogen-bond acceptors (Lipinski definition) is 6. The first-order chi connectivity index (χ1) is 19.5. The van der Waals surface area contributed by atoms with Gasteiger partial charge in [0.05, 0.1) is 27.8 Å². The predicted octanol–water partition coefficient (Wildman–Crippen LogP) is 5.34. The van der Waals surface area contributed by atoms with E-state index < -0.39 is 32.5 Å². The quantitative estimate of drug-likeness (QED) is 0.242. The van der Waals surface area contributed by atoms with Crippen molar-refractivity contribution in [3.8, 4) is 5.75 Å². The van der Waals surface area contributed by atoms with Crippen LogP contribution in [0.1, 0.15) is 18.1 Å². The summed E-state index contributed by atoms with van der Waals surface area (Å²) in [5.74, 6) is -0.312. The predicted molar refractivity (Wildman–Crippen MR) is 160 cm³/mol. The molecule has 0 saturated heterocycles. The standard InChI is InChI=1S/C30H31N3O6S2/c1-4-39-29-13-9-8-12-28(29)33(41(37,38)26-10-6-5-7-11-26)21-30(34)31-24-16-18-25(19-17-24)40(35,36)32-27-20-22(2)14-15-23(27)3/h5-20,32H,4,21H2,1-3H3,(H,31,34). The molecule has 4 aromatic carbocycles. The van der Waals surface area contributed by atoms with Crippen LogP contribution in [0, 0.1) is 13.8 Å². The van der Waals surface area contributed by atoms with Crippen molar-refractivity contribution in [2.24, 2.45) is 0 Å². The van der Waals surface area contributed by atoms with Crippen LogP contribution in [-0.4, -0.2) is 35.9 Å². The number of nitrogens with zero attached hydrogens (tertiary/aromatic N) is 1. The highest BCUT2D eigenvalue weighted by Crippen LogP contribution is 2.32. The number of nitrogens with one attached hydrogen (secondary N) is 2. The highest BCUT2D eigenvalue weighted by atomic mass is 32.2. The van der Waals surface area contributed by atoms with Crippen LogP contribution in [0.4, 0.5) is 17.1 Å². The number of hydrogen-bond donors (Lipinski definition) is 2. The van der Waals surface area contributed by atoms with Gasteiger partial charge in [0.1, 0.15) is 12.3 Å². The molecule has 0 bridgehead atoms. The number of aryl methyl sites for hydroxylation is 2. The molecule has 214 valence electrons. The van der Waals surface area contributed by atoms with Crippen molar-refractivity contribution in [1.29, 1.82) is 0 Å². The van der Waals surface area contributed by atoms with E-state index in [0.29, 0.717) is 23.7 Å². The van der Waals surface area contributed by atoms with E-state index in [4.69, 9.17) is 4.74 Å². The molecule has 0 aliphatic rings. The molecule has 0 saturated carbocycles. The Morgan fingerprint density at radius 3 is 2.15 bits per heavy atom. The van der Waals surface area contributed by atoms with Crippen LogP contribution in [0.15, 0.2) is 107 Å². The van der Waals surface area contributed by atoms with Crippen LogP contribution in [0.5, 0.6) is 5.75 Å². The van der Waals surface area contributed by atoms with Crippen molar-refractivity contribution in [3.05, 3.63) is 108 Å². The van der Waals surface area contributed by atoms with Crippen molar-refractivity contribution in [1.82, 2.24) is 0 Å². The SMILES string of the molecule is CCOc1ccccc1N(CC(=O)Nc1ccc(S(=O)(=O)Nc2cc(C)ccc2C)cc1)S(=O)(=O)c1ccccc1. The summed E-state index contributed by atoms with van der Waals surface area (Å²) in [6.07, 6.45) is 0. The maximum absolute atomic E-state index is 13.6. The molecule has 0 radical (unpaired) electrons. The number of amides is 1. The molecule has 11 heteroatoms. The van der Waals surface area contributed by atoms with E-state index in [2.05, 4.69) is 10.0 Å². The molecule has 0 spiro atoms. The fourth-order valence-electron chi connectivity index (χ4n) is 4.06. The van der Waals surface area contributed by atoms with Crippen molar-refractivity contribution in [2.75, 3.05) is 27.5 Å². The first kappa shape index (κ1) is 29.6. The van der Waals surface area contributed by atoms with E-state index >= 15 is 0 Å². The number of anilines is 3. The molecular formula is C30H31N3O6S2. The molecule has 0 unspecified atom stereocenters. The Labute approximate surface area is 240 Å². The smallest absolute Gasteiger partial charge is 0.264 e. The van der Waals surface area contributed by atoms with E-state index in [1.165, 1.54) is 36.4 Å². The van der Waals surface area contributed by atoms with Gasteiger partial charge in [0.25, 0.3) is 20.0 Å². The molecule has 41 heavy (non-hydrogen) atoms. The summed E-state index contributed by atoms with van der Waals surface area (Å²) < 4.78 is 62.4. The van der Waals surface area contributed by atoms with Crippen LogP contribution in [0.25, 0.3) is 0 Å². The number of sulfonamides is 2. The topological polar surface area (TPSA) is 122 Å². The van der Waals surface area contributed by atoms with E-state index in [9.17, 15) is 21.6 Å². The summed E-state index contributed by atoms with van der Waals surface area (Å²) in [7, 11) is -8.02. The molecule has 0 fully saturated rings. The Hall–Kier alpha value is -4.35. The number of carbonyl (C=O) groups is 1. The summed E-state index contributed by atoms with van der Waals surface area (Å²) in [5, 5.41) is 2.66. The van der Waals surface area contributed by atoms with E-state index in [1.54, 1.807) is 55.5 Å². The normalized spacial score (nSPS) is 11.5. The summed E-state index contributed by atoms with van der Waals surface area (Å²) in [6.45, 7) is 5.22. The number of rotatable bonds is 11. The molecule has 9 nitrogen and oxygen atoms in total. The number of para-hydroxylation sites is 2. The van der Waals surface area contributed by atoms with Gasteiger partial charge in [-0.2, -0.15) is 0 Å². The Bertz CT molecular complexity index is 1740. The molecular weight excluding hydrogens is 562 g/mol. The lowest BCUT2D eigenvalue weighted by molar-refractivity contribution is -0.114. The number of ether oxygens (including phenoxy) is 1. The molecule has 0 heterocycles. The van der Waals surface area contributed by atoms with Gasteiger partial charge in [0, 0.05) is 5.69 Å². The second-order valence-corrected chi connectivity index (χ2v) is 12.8. The average Bonchev–Trinajstić information content (AvgIpc) is 2.95. The van der Waals surface area contributed by atoms with Gasteiger partial charge < -0.3 is 10.1 Å². The Balaban J connectivity index is 1.56. The molecule has 4 aromatic rings. The first-order valence-electron chi connectivity index (χ1n) is 12.8. The van der Waals surface area contributed by atoms with Gasteiger partial charge in [-0.15, -0.1) is 0 Å². The fourth-order valence-corrected chi connectivity index (χ4v) is 6.63. The molecule has 0 atom stereocenters. The molecule has 4 rings (SSSR count). The Kier molecular flexibility index (Phi) is 8.99. The third-order valence-electron chi connectivity index (χ3n) is 6.14. The Morgan fingerprint density at radius 1 is 0.805 bits per heavy atom. The number of carbonyl (C=O) groups excluding carboxylic acids is 1. The second kappa shape index (κ2) is 12.4. The van der Waals surface area contributed by atoms with Gasteiger partial charge in [-0.3, -0.25) is 13.8 Å². The first-order valence-corrected chi connectivity index (χ1v) is 15.7. The van der Waals surface area contributed by atoms with E-state index in [0.717, 1.165) is 15.4 Å². The van der Waals surface area contributed by atoms with Crippen LogP contribution < -0.4 is 19.1 Å². The summed E-state index contributed by atoms with van der Waals surface area (Å²) >= 11 is 0. The highest BCUT2D eigenvalue weighted by molar-refractivity contribution is 7.93.